The monoisotopic (exact) mass is 243 g/mol. The average molecular weight is 243 g/mol. The summed E-state index contributed by atoms with van der Waals surface area (Å²) in [5.41, 5.74) is 0. The molecule has 17 heavy (non-hydrogen) atoms. The second kappa shape index (κ2) is 8.90. The maximum atomic E-state index is 5.20. The van der Waals surface area contributed by atoms with Crippen LogP contribution in [0.15, 0.2) is 0 Å². The van der Waals surface area contributed by atoms with Crippen LogP contribution in [-0.4, -0.2) is 33.1 Å². The highest BCUT2D eigenvalue weighted by molar-refractivity contribution is 4.75. The van der Waals surface area contributed by atoms with Gasteiger partial charge in [0.05, 0.1) is 0 Å². The van der Waals surface area contributed by atoms with Gasteiger partial charge in [-0.2, -0.15) is 0 Å². The van der Waals surface area contributed by atoms with Gasteiger partial charge in [-0.25, -0.2) is 0 Å². The zero-order chi connectivity index (χ0) is 12.5. The molecule has 0 bridgehead atoms. The number of ether oxygens (including phenoxy) is 2. The summed E-state index contributed by atoms with van der Waals surface area (Å²) in [5.74, 6) is 0.965. The van der Waals surface area contributed by atoms with Crippen molar-refractivity contribution in [1.29, 1.82) is 0 Å². The smallest absolute Gasteiger partial charge is 0.169 e. The molecule has 0 heterocycles. The Hall–Kier alpha value is -0.120. The molecule has 3 nitrogen and oxygen atoms in total. The lowest BCUT2D eigenvalue weighted by atomic mass is 9.95. The summed E-state index contributed by atoms with van der Waals surface area (Å²) < 4.78 is 10.4. The summed E-state index contributed by atoms with van der Waals surface area (Å²) in [4.78, 5) is 0. The summed E-state index contributed by atoms with van der Waals surface area (Å²) >= 11 is 0. The number of nitrogens with one attached hydrogen (secondary N) is 1. The van der Waals surface area contributed by atoms with E-state index in [0.29, 0.717) is 6.04 Å². The molecule has 1 aliphatic carbocycles. The Morgan fingerprint density at radius 3 is 2.53 bits per heavy atom. The molecule has 1 aliphatic rings. The molecule has 3 heteroatoms. The molecule has 0 amide bonds. The van der Waals surface area contributed by atoms with Crippen molar-refractivity contribution in [2.45, 2.75) is 64.2 Å². The van der Waals surface area contributed by atoms with Gasteiger partial charge in [0.2, 0.25) is 0 Å². The van der Waals surface area contributed by atoms with Gasteiger partial charge in [0, 0.05) is 26.8 Å². The largest absolute Gasteiger partial charge is 0.355 e. The van der Waals surface area contributed by atoms with Crippen LogP contribution in [0, 0.1) is 5.92 Å². The third kappa shape index (κ3) is 5.84. The fourth-order valence-electron chi connectivity index (χ4n) is 2.81. The molecule has 1 N–H and O–H groups in total. The van der Waals surface area contributed by atoms with Gasteiger partial charge in [-0.1, -0.05) is 32.6 Å². The molecule has 102 valence electrons. The Balaban J connectivity index is 2.21. The predicted octanol–water partition coefficient (Wildman–Crippen LogP) is 2.94. The minimum Gasteiger partial charge on any atom is -0.355 e. The van der Waals surface area contributed by atoms with Gasteiger partial charge >= 0.3 is 0 Å². The Morgan fingerprint density at radius 1 is 1.12 bits per heavy atom. The molecule has 1 fully saturated rings. The number of rotatable bonds is 7. The van der Waals surface area contributed by atoms with Crippen molar-refractivity contribution in [3.8, 4) is 0 Å². The molecule has 0 spiro atoms. The fourth-order valence-corrected chi connectivity index (χ4v) is 2.81. The Labute approximate surface area is 106 Å². The summed E-state index contributed by atoms with van der Waals surface area (Å²) in [6.07, 6.45) is 9.42. The van der Waals surface area contributed by atoms with E-state index in [-0.39, 0.29) is 6.29 Å². The molecule has 0 radical (unpaired) electrons. The normalized spacial score (nSPS) is 26.1. The van der Waals surface area contributed by atoms with E-state index in [2.05, 4.69) is 12.2 Å². The molecular weight excluding hydrogens is 214 g/mol. The van der Waals surface area contributed by atoms with Crippen molar-refractivity contribution >= 4 is 0 Å². The van der Waals surface area contributed by atoms with E-state index < -0.39 is 0 Å². The average Bonchev–Trinajstić information content (AvgIpc) is 2.57. The zero-order valence-corrected chi connectivity index (χ0v) is 11.7. The minimum atomic E-state index is -0.107. The van der Waals surface area contributed by atoms with E-state index in [1.165, 1.54) is 44.9 Å². The minimum absolute atomic E-state index is 0.107. The van der Waals surface area contributed by atoms with Crippen LogP contribution in [0.1, 0.15) is 51.9 Å². The second-order valence-corrected chi connectivity index (χ2v) is 5.17. The van der Waals surface area contributed by atoms with Crippen molar-refractivity contribution < 1.29 is 9.47 Å². The van der Waals surface area contributed by atoms with Crippen LogP contribution in [0.5, 0.6) is 0 Å². The highest BCUT2D eigenvalue weighted by Crippen LogP contribution is 2.26. The summed E-state index contributed by atoms with van der Waals surface area (Å²) in [7, 11) is 3.39. The molecule has 2 unspecified atom stereocenters. The van der Waals surface area contributed by atoms with Crippen molar-refractivity contribution in [2.75, 3.05) is 20.8 Å². The van der Waals surface area contributed by atoms with Crippen LogP contribution in [0.4, 0.5) is 0 Å². The summed E-state index contributed by atoms with van der Waals surface area (Å²) in [6, 6.07) is 0.657. The third-order valence-electron chi connectivity index (χ3n) is 3.88. The van der Waals surface area contributed by atoms with E-state index in [4.69, 9.17) is 9.47 Å². The maximum absolute atomic E-state index is 5.20. The predicted molar refractivity (Wildman–Crippen MR) is 71.1 cm³/mol. The molecule has 2 atom stereocenters. The first-order valence-electron chi connectivity index (χ1n) is 7.09. The van der Waals surface area contributed by atoms with Crippen LogP contribution in [0.3, 0.4) is 0 Å². The van der Waals surface area contributed by atoms with E-state index in [9.17, 15) is 0 Å². The van der Waals surface area contributed by atoms with Crippen molar-refractivity contribution in [2.24, 2.45) is 5.92 Å². The molecular formula is C14H29NO2. The number of hydrogen-bond acceptors (Lipinski definition) is 3. The quantitative estimate of drug-likeness (QED) is 0.551. The van der Waals surface area contributed by atoms with Crippen LogP contribution in [-0.2, 0) is 9.47 Å². The lowest BCUT2D eigenvalue weighted by molar-refractivity contribution is -0.1000. The Kier molecular flexibility index (Phi) is 7.82. The molecule has 0 saturated heterocycles. The lowest BCUT2D eigenvalue weighted by Gasteiger charge is -2.20. The highest BCUT2D eigenvalue weighted by Gasteiger charge is 2.18. The van der Waals surface area contributed by atoms with Gasteiger partial charge in [0.1, 0.15) is 0 Å². The van der Waals surface area contributed by atoms with Gasteiger partial charge in [0.25, 0.3) is 0 Å². The van der Waals surface area contributed by atoms with Gasteiger partial charge < -0.3 is 14.8 Å². The van der Waals surface area contributed by atoms with Crippen molar-refractivity contribution in [1.82, 2.24) is 5.32 Å². The first-order valence-corrected chi connectivity index (χ1v) is 7.09. The molecule has 1 saturated carbocycles. The van der Waals surface area contributed by atoms with Crippen LogP contribution >= 0.6 is 0 Å². The zero-order valence-electron chi connectivity index (χ0n) is 11.7. The van der Waals surface area contributed by atoms with E-state index in [1.807, 2.05) is 0 Å². The number of methoxy groups -OCH3 is 2. The van der Waals surface area contributed by atoms with E-state index in [1.54, 1.807) is 14.2 Å². The lowest BCUT2D eigenvalue weighted by Crippen LogP contribution is -2.37. The summed E-state index contributed by atoms with van der Waals surface area (Å²) in [5, 5.41) is 3.58. The van der Waals surface area contributed by atoms with Gasteiger partial charge in [0.15, 0.2) is 6.29 Å². The summed E-state index contributed by atoms with van der Waals surface area (Å²) in [6.45, 7) is 3.10. The highest BCUT2D eigenvalue weighted by atomic mass is 16.7. The molecule has 1 rings (SSSR count). The molecule has 0 aromatic heterocycles. The molecule has 0 aliphatic heterocycles. The molecule has 0 aromatic rings. The molecule has 0 aromatic carbocycles. The fraction of sp³-hybridized carbons (Fsp3) is 1.00. The van der Waals surface area contributed by atoms with Gasteiger partial charge in [-0.05, 0) is 25.2 Å². The van der Waals surface area contributed by atoms with E-state index in [0.717, 1.165) is 12.5 Å². The van der Waals surface area contributed by atoms with E-state index >= 15 is 0 Å². The van der Waals surface area contributed by atoms with Crippen molar-refractivity contribution in [3.05, 3.63) is 0 Å². The van der Waals surface area contributed by atoms with Crippen molar-refractivity contribution in [3.63, 3.8) is 0 Å². The maximum Gasteiger partial charge on any atom is 0.169 e. The third-order valence-corrected chi connectivity index (χ3v) is 3.88. The van der Waals surface area contributed by atoms with Gasteiger partial charge in [-0.3, -0.25) is 0 Å². The Bertz CT molecular complexity index is 183. The van der Waals surface area contributed by atoms with Crippen LogP contribution in [0.25, 0.3) is 0 Å². The van der Waals surface area contributed by atoms with Gasteiger partial charge in [-0.15, -0.1) is 0 Å². The second-order valence-electron chi connectivity index (χ2n) is 5.17. The van der Waals surface area contributed by atoms with Crippen LogP contribution < -0.4 is 5.32 Å². The SMILES string of the molecule is CCCC1CCCC(NCC(OC)OC)CC1. The Morgan fingerprint density at radius 2 is 1.88 bits per heavy atom. The topological polar surface area (TPSA) is 30.5 Å². The van der Waals surface area contributed by atoms with Crippen LogP contribution in [0.2, 0.25) is 0 Å². The number of hydrogen-bond donors (Lipinski definition) is 1. The first kappa shape index (κ1) is 14.9. The standard InChI is InChI=1S/C14H29NO2/c1-4-6-12-7-5-8-13(10-9-12)15-11-14(16-2)17-3/h12-15H,4-11H2,1-3H3. The first-order chi connectivity index (χ1) is 8.30.